The van der Waals surface area contributed by atoms with Crippen LogP contribution in [0.15, 0.2) is 60.7 Å². The average molecular weight is 282 g/mol. The van der Waals surface area contributed by atoms with Gasteiger partial charge in [-0.25, -0.2) is 0 Å². The number of hydrogen-bond donors (Lipinski definition) is 2. The minimum Gasteiger partial charge on any atom is -0.370 e. The first-order valence-electron chi connectivity index (χ1n) is 7.14. The van der Waals surface area contributed by atoms with E-state index in [1.54, 1.807) is 0 Å². The summed E-state index contributed by atoms with van der Waals surface area (Å²) >= 11 is 0. The Labute approximate surface area is 126 Å². The SMILES string of the molecule is CC(C)(C)NC(=O)C(Nc1ccccc1)c1ccccc1. The van der Waals surface area contributed by atoms with Gasteiger partial charge in [0, 0.05) is 11.2 Å². The molecule has 3 nitrogen and oxygen atoms in total. The van der Waals surface area contributed by atoms with Crippen molar-refractivity contribution in [2.75, 3.05) is 5.32 Å². The molecule has 0 aliphatic rings. The fourth-order valence-corrected chi connectivity index (χ4v) is 2.09. The molecule has 2 N–H and O–H groups in total. The number of para-hydroxylation sites is 1. The van der Waals surface area contributed by atoms with Gasteiger partial charge in [0.05, 0.1) is 0 Å². The maximum absolute atomic E-state index is 12.6. The Bertz CT molecular complexity index is 573. The number of benzene rings is 2. The van der Waals surface area contributed by atoms with Gasteiger partial charge in [-0.05, 0) is 38.5 Å². The summed E-state index contributed by atoms with van der Waals surface area (Å²) in [7, 11) is 0. The Morgan fingerprint density at radius 1 is 0.905 bits per heavy atom. The smallest absolute Gasteiger partial charge is 0.247 e. The van der Waals surface area contributed by atoms with Gasteiger partial charge >= 0.3 is 0 Å². The molecule has 21 heavy (non-hydrogen) atoms. The Morgan fingerprint density at radius 3 is 1.95 bits per heavy atom. The number of amides is 1. The van der Waals surface area contributed by atoms with Crippen LogP contribution in [-0.2, 0) is 4.79 Å². The molecule has 2 rings (SSSR count). The van der Waals surface area contributed by atoms with E-state index in [1.165, 1.54) is 0 Å². The molecular weight excluding hydrogens is 260 g/mol. The Morgan fingerprint density at radius 2 is 1.43 bits per heavy atom. The van der Waals surface area contributed by atoms with Gasteiger partial charge < -0.3 is 10.6 Å². The molecule has 0 aliphatic heterocycles. The first kappa shape index (κ1) is 15.1. The molecule has 0 aromatic heterocycles. The molecule has 0 heterocycles. The van der Waals surface area contributed by atoms with Crippen LogP contribution in [0, 0.1) is 0 Å². The average Bonchev–Trinajstić information content (AvgIpc) is 2.45. The van der Waals surface area contributed by atoms with E-state index in [-0.39, 0.29) is 11.4 Å². The van der Waals surface area contributed by atoms with E-state index in [0.717, 1.165) is 11.3 Å². The van der Waals surface area contributed by atoms with E-state index in [2.05, 4.69) is 10.6 Å². The van der Waals surface area contributed by atoms with Gasteiger partial charge in [-0.3, -0.25) is 4.79 Å². The van der Waals surface area contributed by atoms with Gasteiger partial charge in [0.2, 0.25) is 5.91 Å². The monoisotopic (exact) mass is 282 g/mol. The number of hydrogen-bond acceptors (Lipinski definition) is 2. The van der Waals surface area contributed by atoms with Gasteiger partial charge in [-0.2, -0.15) is 0 Å². The molecule has 0 saturated carbocycles. The molecule has 1 amide bonds. The fraction of sp³-hybridized carbons (Fsp3) is 0.278. The molecule has 0 spiro atoms. The number of anilines is 1. The second-order valence-electron chi connectivity index (χ2n) is 6.09. The standard InChI is InChI=1S/C18H22N2O/c1-18(2,3)20-17(21)16(14-10-6-4-7-11-14)19-15-12-8-5-9-13-15/h4-13,16,19H,1-3H3,(H,20,21). The number of nitrogens with one attached hydrogen (secondary N) is 2. The van der Waals surface area contributed by atoms with Crippen molar-refractivity contribution in [3.63, 3.8) is 0 Å². The zero-order chi connectivity index (χ0) is 15.3. The van der Waals surface area contributed by atoms with Crippen LogP contribution in [0.1, 0.15) is 32.4 Å². The molecule has 1 unspecified atom stereocenters. The number of carbonyl (C=O) groups is 1. The van der Waals surface area contributed by atoms with Crippen molar-refractivity contribution in [3.05, 3.63) is 66.2 Å². The summed E-state index contributed by atoms with van der Waals surface area (Å²) in [6.45, 7) is 5.94. The molecule has 2 aromatic carbocycles. The van der Waals surface area contributed by atoms with E-state index >= 15 is 0 Å². The molecule has 1 atom stereocenters. The Balaban J connectivity index is 2.25. The normalized spacial score (nSPS) is 12.5. The van der Waals surface area contributed by atoms with Crippen LogP contribution >= 0.6 is 0 Å². The van der Waals surface area contributed by atoms with Crippen molar-refractivity contribution >= 4 is 11.6 Å². The molecular formula is C18H22N2O. The van der Waals surface area contributed by atoms with E-state index < -0.39 is 6.04 Å². The summed E-state index contributed by atoms with van der Waals surface area (Å²) in [5.74, 6) is -0.0300. The minimum atomic E-state index is -0.409. The van der Waals surface area contributed by atoms with Crippen molar-refractivity contribution in [1.82, 2.24) is 5.32 Å². The molecule has 0 bridgehead atoms. The zero-order valence-electron chi connectivity index (χ0n) is 12.8. The van der Waals surface area contributed by atoms with Crippen LogP contribution in [0.5, 0.6) is 0 Å². The highest BCUT2D eigenvalue weighted by Crippen LogP contribution is 2.20. The lowest BCUT2D eigenvalue weighted by molar-refractivity contribution is -0.123. The summed E-state index contributed by atoms with van der Waals surface area (Å²) < 4.78 is 0. The molecule has 0 fully saturated rings. The van der Waals surface area contributed by atoms with E-state index in [9.17, 15) is 4.79 Å². The maximum atomic E-state index is 12.6. The molecule has 2 aromatic rings. The maximum Gasteiger partial charge on any atom is 0.247 e. The number of rotatable bonds is 4. The van der Waals surface area contributed by atoms with Gasteiger partial charge in [-0.15, -0.1) is 0 Å². The summed E-state index contributed by atoms with van der Waals surface area (Å²) in [6, 6.07) is 19.1. The van der Waals surface area contributed by atoms with Crippen LogP contribution in [-0.4, -0.2) is 11.4 Å². The molecule has 0 aliphatic carbocycles. The largest absolute Gasteiger partial charge is 0.370 e. The van der Waals surface area contributed by atoms with Gasteiger partial charge in [-0.1, -0.05) is 48.5 Å². The first-order valence-corrected chi connectivity index (χ1v) is 7.14. The summed E-state index contributed by atoms with van der Waals surface area (Å²) in [6.07, 6.45) is 0. The molecule has 110 valence electrons. The number of carbonyl (C=O) groups excluding carboxylic acids is 1. The van der Waals surface area contributed by atoms with Gasteiger partial charge in [0.25, 0.3) is 0 Å². The van der Waals surface area contributed by atoms with Crippen molar-refractivity contribution in [3.8, 4) is 0 Å². The predicted molar refractivity (Wildman–Crippen MR) is 87.1 cm³/mol. The van der Waals surface area contributed by atoms with E-state index in [4.69, 9.17) is 0 Å². The highest BCUT2D eigenvalue weighted by atomic mass is 16.2. The van der Waals surface area contributed by atoms with Crippen molar-refractivity contribution < 1.29 is 4.79 Å². The van der Waals surface area contributed by atoms with Crippen molar-refractivity contribution in [1.29, 1.82) is 0 Å². The lowest BCUT2D eigenvalue weighted by Crippen LogP contribution is -2.44. The quantitative estimate of drug-likeness (QED) is 0.896. The predicted octanol–water partition coefficient (Wildman–Crippen LogP) is 3.75. The highest BCUT2D eigenvalue weighted by Gasteiger charge is 2.24. The van der Waals surface area contributed by atoms with E-state index in [1.807, 2.05) is 81.4 Å². The summed E-state index contributed by atoms with van der Waals surface area (Å²) in [5, 5.41) is 6.34. The van der Waals surface area contributed by atoms with Gasteiger partial charge in [0.1, 0.15) is 6.04 Å². The topological polar surface area (TPSA) is 41.1 Å². The lowest BCUT2D eigenvalue weighted by Gasteiger charge is -2.26. The van der Waals surface area contributed by atoms with Crippen molar-refractivity contribution in [2.24, 2.45) is 0 Å². The van der Waals surface area contributed by atoms with Crippen LogP contribution in [0.25, 0.3) is 0 Å². The Hall–Kier alpha value is -2.29. The Kier molecular flexibility index (Phi) is 4.63. The molecule has 0 saturated heterocycles. The molecule has 0 radical (unpaired) electrons. The summed E-state index contributed by atoms with van der Waals surface area (Å²) in [4.78, 5) is 12.6. The third kappa shape index (κ3) is 4.63. The molecule has 3 heteroatoms. The van der Waals surface area contributed by atoms with Crippen LogP contribution in [0.2, 0.25) is 0 Å². The first-order chi connectivity index (χ1) is 9.96. The fourth-order valence-electron chi connectivity index (χ4n) is 2.09. The zero-order valence-corrected chi connectivity index (χ0v) is 12.8. The lowest BCUT2D eigenvalue weighted by atomic mass is 10.0. The second kappa shape index (κ2) is 6.44. The minimum absolute atomic E-state index is 0.0300. The second-order valence-corrected chi connectivity index (χ2v) is 6.09. The van der Waals surface area contributed by atoms with Crippen LogP contribution in [0.4, 0.5) is 5.69 Å². The third-order valence-electron chi connectivity index (χ3n) is 2.98. The summed E-state index contributed by atoms with van der Waals surface area (Å²) in [5.41, 5.74) is 1.61. The van der Waals surface area contributed by atoms with Crippen LogP contribution < -0.4 is 10.6 Å². The van der Waals surface area contributed by atoms with Gasteiger partial charge in [0.15, 0.2) is 0 Å². The highest BCUT2D eigenvalue weighted by molar-refractivity contribution is 5.86. The van der Waals surface area contributed by atoms with E-state index in [0.29, 0.717) is 0 Å². The van der Waals surface area contributed by atoms with Crippen LogP contribution in [0.3, 0.4) is 0 Å². The third-order valence-corrected chi connectivity index (χ3v) is 2.98. The van der Waals surface area contributed by atoms with Crippen molar-refractivity contribution in [2.45, 2.75) is 32.4 Å².